The van der Waals surface area contributed by atoms with Crippen LogP contribution in [-0.2, 0) is 6.42 Å². The molecule has 0 aliphatic carbocycles. The van der Waals surface area contributed by atoms with Gasteiger partial charge in [0.1, 0.15) is 0 Å². The third kappa shape index (κ3) is 1.86. The maximum absolute atomic E-state index is 3.79. The van der Waals surface area contributed by atoms with Crippen molar-refractivity contribution in [3.05, 3.63) is 34.0 Å². The normalized spacial score (nSPS) is 10.8. The molecule has 12 heavy (non-hydrogen) atoms. The van der Waals surface area contributed by atoms with Crippen LogP contribution in [0.5, 0.6) is 0 Å². The minimum atomic E-state index is 1.11. The van der Waals surface area contributed by atoms with Crippen molar-refractivity contribution in [3.63, 3.8) is 0 Å². The first-order valence-corrected chi connectivity index (χ1v) is 5.01. The van der Waals surface area contributed by atoms with E-state index in [0.29, 0.717) is 0 Å². The van der Waals surface area contributed by atoms with Gasteiger partial charge in [-0.15, -0.1) is 11.3 Å². The standard InChI is InChI=1S/C11H14S/c1-4-7-11-9(5-2)8-10(6-3)12-11/h4-5,7-8H,2,6H2,1,3H3/b7-4-. The highest BCUT2D eigenvalue weighted by Gasteiger charge is 2.01. The van der Waals surface area contributed by atoms with Gasteiger partial charge in [-0.25, -0.2) is 0 Å². The second-order valence-corrected chi connectivity index (χ2v) is 3.76. The fourth-order valence-corrected chi connectivity index (χ4v) is 2.17. The van der Waals surface area contributed by atoms with E-state index in [4.69, 9.17) is 0 Å². The molecule has 0 amide bonds. The lowest BCUT2D eigenvalue weighted by molar-refractivity contribution is 1.19. The predicted molar refractivity (Wildman–Crippen MR) is 58.5 cm³/mol. The van der Waals surface area contributed by atoms with E-state index in [-0.39, 0.29) is 0 Å². The molecule has 64 valence electrons. The second-order valence-electron chi connectivity index (χ2n) is 2.59. The Labute approximate surface area is 78.2 Å². The molecule has 1 aromatic heterocycles. The van der Waals surface area contributed by atoms with E-state index in [1.54, 1.807) is 0 Å². The van der Waals surface area contributed by atoms with Gasteiger partial charge < -0.3 is 0 Å². The molecular formula is C11H14S. The van der Waals surface area contributed by atoms with E-state index in [1.807, 2.05) is 24.3 Å². The van der Waals surface area contributed by atoms with Crippen molar-refractivity contribution >= 4 is 23.5 Å². The van der Waals surface area contributed by atoms with E-state index in [9.17, 15) is 0 Å². The molecule has 0 aliphatic heterocycles. The Bertz CT molecular complexity index is 292. The molecule has 0 unspecified atom stereocenters. The zero-order valence-corrected chi connectivity index (χ0v) is 8.45. The molecule has 1 rings (SSSR count). The molecule has 0 nitrogen and oxygen atoms in total. The van der Waals surface area contributed by atoms with Crippen LogP contribution in [0.1, 0.15) is 29.2 Å². The number of allylic oxidation sites excluding steroid dienone is 1. The number of thiophene rings is 1. The highest BCUT2D eigenvalue weighted by Crippen LogP contribution is 2.25. The van der Waals surface area contributed by atoms with Crippen molar-refractivity contribution in [2.45, 2.75) is 20.3 Å². The van der Waals surface area contributed by atoms with Crippen molar-refractivity contribution in [1.82, 2.24) is 0 Å². The van der Waals surface area contributed by atoms with E-state index in [1.165, 1.54) is 15.3 Å². The summed E-state index contributed by atoms with van der Waals surface area (Å²) in [6, 6.07) is 2.22. The van der Waals surface area contributed by atoms with Crippen LogP contribution in [0.15, 0.2) is 18.7 Å². The van der Waals surface area contributed by atoms with E-state index in [0.717, 1.165) is 6.42 Å². The molecule has 0 bridgehead atoms. The molecule has 0 aromatic carbocycles. The molecule has 0 saturated heterocycles. The third-order valence-electron chi connectivity index (χ3n) is 1.73. The lowest BCUT2D eigenvalue weighted by atomic mass is 10.2. The van der Waals surface area contributed by atoms with Crippen molar-refractivity contribution < 1.29 is 0 Å². The summed E-state index contributed by atoms with van der Waals surface area (Å²) in [5.41, 5.74) is 1.26. The van der Waals surface area contributed by atoms with Gasteiger partial charge in [-0.3, -0.25) is 0 Å². The van der Waals surface area contributed by atoms with Gasteiger partial charge in [-0.1, -0.05) is 25.7 Å². The van der Waals surface area contributed by atoms with E-state index < -0.39 is 0 Å². The van der Waals surface area contributed by atoms with Gasteiger partial charge in [0.15, 0.2) is 0 Å². The van der Waals surface area contributed by atoms with E-state index in [2.05, 4.69) is 31.7 Å². The van der Waals surface area contributed by atoms with Gasteiger partial charge >= 0.3 is 0 Å². The van der Waals surface area contributed by atoms with Crippen LogP contribution < -0.4 is 0 Å². The van der Waals surface area contributed by atoms with Crippen LogP contribution >= 0.6 is 11.3 Å². The fourth-order valence-electron chi connectivity index (χ4n) is 1.09. The summed E-state index contributed by atoms with van der Waals surface area (Å²) in [6.45, 7) is 8.01. The lowest BCUT2D eigenvalue weighted by Crippen LogP contribution is -1.67. The first-order valence-electron chi connectivity index (χ1n) is 4.19. The summed E-state index contributed by atoms with van der Waals surface area (Å²) >= 11 is 1.85. The highest BCUT2D eigenvalue weighted by atomic mass is 32.1. The number of aryl methyl sites for hydroxylation is 1. The Morgan fingerprint density at radius 3 is 2.83 bits per heavy atom. The van der Waals surface area contributed by atoms with Crippen LogP contribution in [0.4, 0.5) is 0 Å². The van der Waals surface area contributed by atoms with Crippen molar-refractivity contribution in [2.24, 2.45) is 0 Å². The molecular weight excluding hydrogens is 164 g/mol. The van der Waals surface area contributed by atoms with Gasteiger partial charge in [-0.2, -0.15) is 0 Å². The zero-order chi connectivity index (χ0) is 8.97. The maximum Gasteiger partial charge on any atom is 0.0342 e. The Morgan fingerprint density at radius 1 is 1.58 bits per heavy atom. The lowest BCUT2D eigenvalue weighted by Gasteiger charge is -1.86. The molecule has 0 spiro atoms. The largest absolute Gasteiger partial charge is 0.140 e. The predicted octanol–water partition coefficient (Wildman–Crippen LogP) is 3.99. The Kier molecular flexibility index (Phi) is 3.30. The molecule has 0 N–H and O–H groups in total. The summed E-state index contributed by atoms with van der Waals surface area (Å²) in [5, 5.41) is 0. The summed E-state index contributed by atoms with van der Waals surface area (Å²) in [6.07, 6.45) is 7.24. The first kappa shape index (κ1) is 9.27. The smallest absolute Gasteiger partial charge is 0.0342 e. The van der Waals surface area contributed by atoms with Gasteiger partial charge in [0.25, 0.3) is 0 Å². The zero-order valence-electron chi connectivity index (χ0n) is 7.63. The highest BCUT2D eigenvalue weighted by molar-refractivity contribution is 7.13. The molecule has 0 saturated carbocycles. The summed E-state index contributed by atoms with van der Waals surface area (Å²) in [7, 11) is 0. The molecule has 0 fully saturated rings. The van der Waals surface area contributed by atoms with Crippen molar-refractivity contribution in [3.8, 4) is 0 Å². The molecule has 1 heteroatoms. The number of hydrogen-bond donors (Lipinski definition) is 0. The first-order chi connectivity index (χ1) is 5.81. The van der Waals surface area contributed by atoms with Crippen LogP contribution in [0.2, 0.25) is 0 Å². The number of rotatable bonds is 3. The van der Waals surface area contributed by atoms with Crippen LogP contribution in [0.25, 0.3) is 12.2 Å². The van der Waals surface area contributed by atoms with Crippen LogP contribution in [0.3, 0.4) is 0 Å². The summed E-state index contributed by atoms with van der Waals surface area (Å²) in [4.78, 5) is 2.75. The third-order valence-corrected chi connectivity index (χ3v) is 2.99. The quantitative estimate of drug-likeness (QED) is 0.656. The second kappa shape index (κ2) is 4.27. The Balaban J connectivity index is 3.07. The van der Waals surface area contributed by atoms with Gasteiger partial charge in [0.2, 0.25) is 0 Å². The van der Waals surface area contributed by atoms with E-state index >= 15 is 0 Å². The Hall–Kier alpha value is -0.820. The molecule has 1 heterocycles. The molecule has 0 radical (unpaired) electrons. The minimum absolute atomic E-state index is 1.11. The topological polar surface area (TPSA) is 0 Å². The fraction of sp³-hybridized carbons (Fsp3) is 0.273. The van der Waals surface area contributed by atoms with Crippen molar-refractivity contribution in [2.75, 3.05) is 0 Å². The SMILES string of the molecule is C=Cc1cc(CC)sc1/C=C\C. The molecule has 0 aliphatic rings. The minimum Gasteiger partial charge on any atom is -0.140 e. The summed E-state index contributed by atoms with van der Waals surface area (Å²) < 4.78 is 0. The van der Waals surface area contributed by atoms with Crippen molar-refractivity contribution in [1.29, 1.82) is 0 Å². The average molecular weight is 178 g/mol. The van der Waals surface area contributed by atoms with Crippen LogP contribution in [-0.4, -0.2) is 0 Å². The molecule has 1 aromatic rings. The van der Waals surface area contributed by atoms with Gasteiger partial charge in [0, 0.05) is 9.75 Å². The number of hydrogen-bond acceptors (Lipinski definition) is 1. The summed E-state index contributed by atoms with van der Waals surface area (Å²) in [5.74, 6) is 0. The maximum atomic E-state index is 3.79. The van der Waals surface area contributed by atoms with Gasteiger partial charge in [-0.05, 0) is 31.1 Å². The average Bonchev–Trinajstić information content (AvgIpc) is 2.48. The molecule has 0 atom stereocenters. The Morgan fingerprint density at radius 2 is 2.33 bits per heavy atom. The monoisotopic (exact) mass is 178 g/mol. The van der Waals surface area contributed by atoms with Gasteiger partial charge in [0.05, 0.1) is 0 Å². The van der Waals surface area contributed by atoms with Crippen LogP contribution in [0, 0.1) is 0 Å².